The first kappa shape index (κ1) is 17.3. The quantitative estimate of drug-likeness (QED) is 0.845. The molecule has 1 amide bonds. The van der Waals surface area contributed by atoms with Crippen molar-refractivity contribution in [2.45, 2.75) is 25.3 Å². The summed E-state index contributed by atoms with van der Waals surface area (Å²) in [4.78, 5) is 12.1. The minimum Gasteiger partial charge on any atom is -0.482 e. The molecule has 1 aliphatic rings. The molecule has 4 nitrogen and oxygen atoms in total. The Bertz CT molecular complexity index is 812. The zero-order valence-corrected chi connectivity index (χ0v) is 14.7. The molecule has 0 saturated heterocycles. The van der Waals surface area contributed by atoms with Gasteiger partial charge in [-0.15, -0.1) is 0 Å². The van der Waals surface area contributed by atoms with Crippen molar-refractivity contribution in [1.29, 1.82) is 5.26 Å². The fourth-order valence-corrected chi connectivity index (χ4v) is 3.01. The lowest BCUT2D eigenvalue weighted by molar-refractivity contribution is -0.124. The van der Waals surface area contributed by atoms with Gasteiger partial charge in [0.05, 0.1) is 11.1 Å². The molecule has 1 atom stereocenters. The van der Waals surface area contributed by atoms with E-state index in [0.29, 0.717) is 10.8 Å². The minimum absolute atomic E-state index is 0.172. The van der Waals surface area contributed by atoms with Crippen LogP contribution in [0.15, 0.2) is 48.5 Å². The van der Waals surface area contributed by atoms with Gasteiger partial charge in [-0.25, -0.2) is 0 Å². The van der Waals surface area contributed by atoms with Crippen LogP contribution in [0.4, 0.5) is 0 Å². The average Bonchev–Trinajstić information content (AvgIpc) is 3.47. The first-order valence-electron chi connectivity index (χ1n) is 8.22. The molecule has 0 heterocycles. The van der Waals surface area contributed by atoms with E-state index in [1.807, 2.05) is 42.5 Å². The number of hydrogen-bond donors (Lipinski definition) is 1. The van der Waals surface area contributed by atoms with Crippen LogP contribution >= 0.6 is 11.6 Å². The zero-order valence-electron chi connectivity index (χ0n) is 14.0. The third-order valence-corrected chi connectivity index (χ3v) is 4.72. The Morgan fingerprint density at radius 2 is 2.00 bits per heavy atom. The van der Waals surface area contributed by atoms with Crippen LogP contribution in [-0.4, -0.2) is 18.1 Å². The Hall–Kier alpha value is -2.51. The van der Waals surface area contributed by atoms with Crippen molar-refractivity contribution >= 4 is 17.5 Å². The number of carbonyl (C=O) groups is 1. The van der Waals surface area contributed by atoms with E-state index in [1.165, 1.54) is 0 Å². The number of nitrogens with zero attached hydrogens (tertiary/aromatic N) is 1. The molecule has 1 saturated carbocycles. The SMILES string of the molecule is C[C@](C#N)(NC(=O)COc1ccc(-c2ccccc2)cc1Cl)C1CC1. The molecule has 0 spiro atoms. The Morgan fingerprint density at radius 3 is 2.60 bits per heavy atom. The summed E-state index contributed by atoms with van der Waals surface area (Å²) in [5, 5.41) is 12.5. The molecular formula is C20H19ClN2O2. The molecule has 1 fully saturated rings. The fourth-order valence-electron chi connectivity index (χ4n) is 2.78. The Morgan fingerprint density at radius 1 is 1.28 bits per heavy atom. The van der Waals surface area contributed by atoms with Crippen LogP contribution in [0.5, 0.6) is 5.75 Å². The number of carbonyl (C=O) groups excluding carboxylic acids is 1. The molecule has 1 N–H and O–H groups in total. The Kier molecular flexibility index (Phi) is 4.96. The highest BCUT2D eigenvalue weighted by Crippen LogP contribution is 2.39. The predicted octanol–water partition coefficient (Wildman–Crippen LogP) is 4.19. The van der Waals surface area contributed by atoms with Gasteiger partial charge < -0.3 is 10.1 Å². The van der Waals surface area contributed by atoms with Crippen molar-refractivity contribution in [2.75, 3.05) is 6.61 Å². The van der Waals surface area contributed by atoms with Gasteiger partial charge >= 0.3 is 0 Å². The lowest BCUT2D eigenvalue weighted by Crippen LogP contribution is -2.48. The Balaban J connectivity index is 1.62. The van der Waals surface area contributed by atoms with Gasteiger partial charge in [0.15, 0.2) is 6.61 Å². The van der Waals surface area contributed by atoms with Crippen LogP contribution in [-0.2, 0) is 4.79 Å². The fraction of sp³-hybridized carbons (Fsp3) is 0.300. The van der Waals surface area contributed by atoms with E-state index in [0.717, 1.165) is 24.0 Å². The minimum atomic E-state index is -0.818. The van der Waals surface area contributed by atoms with Crippen LogP contribution in [0.25, 0.3) is 11.1 Å². The largest absolute Gasteiger partial charge is 0.482 e. The number of ether oxygens (including phenoxy) is 1. The smallest absolute Gasteiger partial charge is 0.259 e. The van der Waals surface area contributed by atoms with Crippen molar-refractivity contribution in [2.24, 2.45) is 5.92 Å². The van der Waals surface area contributed by atoms with Crippen LogP contribution in [0.1, 0.15) is 19.8 Å². The van der Waals surface area contributed by atoms with Crippen molar-refractivity contribution in [3.63, 3.8) is 0 Å². The molecule has 128 valence electrons. The number of nitriles is 1. The first-order valence-corrected chi connectivity index (χ1v) is 8.59. The molecule has 0 aliphatic heterocycles. The molecule has 2 aromatic carbocycles. The van der Waals surface area contributed by atoms with E-state index in [9.17, 15) is 10.1 Å². The molecule has 0 aromatic heterocycles. The standard InChI is InChI=1S/C20H19ClN2O2/c1-20(13-22,16-8-9-16)23-19(24)12-25-18-10-7-15(11-17(18)21)14-5-3-2-4-6-14/h2-7,10-11,16H,8-9,12H2,1H3,(H,23,24)/t20-/m1/s1. The van der Waals surface area contributed by atoms with Crippen molar-refractivity contribution in [1.82, 2.24) is 5.32 Å². The van der Waals surface area contributed by atoms with E-state index in [2.05, 4.69) is 11.4 Å². The summed E-state index contributed by atoms with van der Waals surface area (Å²) in [5.41, 5.74) is 1.22. The van der Waals surface area contributed by atoms with E-state index in [-0.39, 0.29) is 18.4 Å². The third kappa shape index (κ3) is 4.12. The average molecular weight is 355 g/mol. The van der Waals surface area contributed by atoms with Crippen molar-refractivity contribution in [3.05, 3.63) is 53.6 Å². The van der Waals surface area contributed by atoms with E-state index >= 15 is 0 Å². The van der Waals surface area contributed by atoms with Crippen LogP contribution in [0, 0.1) is 17.2 Å². The zero-order chi connectivity index (χ0) is 17.9. The summed E-state index contributed by atoms with van der Waals surface area (Å²) in [6.07, 6.45) is 1.94. The van der Waals surface area contributed by atoms with E-state index in [1.54, 1.807) is 13.0 Å². The monoisotopic (exact) mass is 354 g/mol. The summed E-state index contributed by atoms with van der Waals surface area (Å²) in [6.45, 7) is 1.58. The molecule has 0 unspecified atom stereocenters. The summed E-state index contributed by atoms with van der Waals surface area (Å²) >= 11 is 6.27. The van der Waals surface area contributed by atoms with Gasteiger partial charge in [-0.05, 0) is 48.9 Å². The number of nitrogens with one attached hydrogen (secondary N) is 1. The van der Waals surface area contributed by atoms with Gasteiger partial charge in [0, 0.05) is 0 Å². The predicted molar refractivity (Wildman–Crippen MR) is 97.3 cm³/mol. The van der Waals surface area contributed by atoms with Crippen LogP contribution in [0.2, 0.25) is 5.02 Å². The lowest BCUT2D eigenvalue weighted by atomic mass is 9.98. The molecule has 0 bridgehead atoms. The highest BCUT2D eigenvalue weighted by molar-refractivity contribution is 6.32. The van der Waals surface area contributed by atoms with E-state index < -0.39 is 5.54 Å². The highest BCUT2D eigenvalue weighted by atomic mass is 35.5. The summed E-state index contributed by atoms with van der Waals surface area (Å²) in [5.74, 6) is 0.357. The number of hydrogen-bond acceptors (Lipinski definition) is 3. The molecule has 1 aliphatic carbocycles. The second-order valence-corrected chi connectivity index (χ2v) is 6.84. The van der Waals surface area contributed by atoms with Gasteiger partial charge in [-0.1, -0.05) is 48.0 Å². The molecule has 25 heavy (non-hydrogen) atoms. The topological polar surface area (TPSA) is 62.1 Å². The highest BCUT2D eigenvalue weighted by Gasteiger charge is 2.43. The number of benzene rings is 2. The van der Waals surface area contributed by atoms with Crippen molar-refractivity contribution in [3.8, 4) is 22.9 Å². The van der Waals surface area contributed by atoms with Crippen LogP contribution < -0.4 is 10.1 Å². The maximum absolute atomic E-state index is 12.1. The van der Waals surface area contributed by atoms with Crippen LogP contribution in [0.3, 0.4) is 0 Å². The van der Waals surface area contributed by atoms with E-state index in [4.69, 9.17) is 16.3 Å². The molecule has 0 radical (unpaired) electrons. The van der Waals surface area contributed by atoms with Gasteiger partial charge in [-0.3, -0.25) is 4.79 Å². The Labute approximate surface area is 152 Å². The molecule has 5 heteroatoms. The lowest BCUT2D eigenvalue weighted by Gasteiger charge is -2.22. The molecule has 3 rings (SSSR count). The summed E-state index contributed by atoms with van der Waals surface area (Å²) in [6, 6.07) is 17.5. The van der Waals surface area contributed by atoms with Gasteiger partial charge in [-0.2, -0.15) is 5.26 Å². The number of amides is 1. The summed E-state index contributed by atoms with van der Waals surface area (Å²) in [7, 11) is 0. The van der Waals surface area contributed by atoms with Crippen molar-refractivity contribution < 1.29 is 9.53 Å². The second-order valence-electron chi connectivity index (χ2n) is 6.44. The number of rotatable bonds is 6. The van der Waals surface area contributed by atoms with Gasteiger partial charge in [0.25, 0.3) is 5.91 Å². The third-order valence-electron chi connectivity index (χ3n) is 4.42. The first-order chi connectivity index (χ1) is 12.0. The number of halogens is 1. The summed E-state index contributed by atoms with van der Waals surface area (Å²) < 4.78 is 5.53. The second kappa shape index (κ2) is 7.16. The molecule has 2 aromatic rings. The van der Waals surface area contributed by atoms with Gasteiger partial charge in [0.2, 0.25) is 0 Å². The maximum atomic E-state index is 12.1. The molecular weight excluding hydrogens is 336 g/mol. The maximum Gasteiger partial charge on any atom is 0.259 e. The van der Waals surface area contributed by atoms with Gasteiger partial charge in [0.1, 0.15) is 11.3 Å². The normalized spacial score (nSPS) is 15.7.